The number of carbonyl (C=O) groups is 5. The van der Waals surface area contributed by atoms with Crippen LogP contribution in [0, 0.1) is 5.92 Å². The van der Waals surface area contributed by atoms with Gasteiger partial charge in [-0.05, 0) is 37.0 Å². The van der Waals surface area contributed by atoms with Crippen LogP contribution in [0.3, 0.4) is 0 Å². The first kappa shape index (κ1) is 28.4. The number of carboxylic acids is 2. The number of carbonyl (C=O) groups excluding carboxylic acids is 3. The van der Waals surface area contributed by atoms with Gasteiger partial charge in [-0.2, -0.15) is 0 Å². The third kappa shape index (κ3) is 9.45. The highest BCUT2D eigenvalue weighted by molar-refractivity contribution is 5.94. The Morgan fingerprint density at radius 2 is 1.41 bits per heavy atom. The Bertz CT molecular complexity index is 887. The molecule has 1 aromatic carbocycles. The molecule has 12 nitrogen and oxygen atoms in total. The van der Waals surface area contributed by atoms with E-state index < -0.39 is 60.2 Å². The number of hydrogen-bond donors (Lipinski definition) is 7. The van der Waals surface area contributed by atoms with Crippen LogP contribution in [0.5, 0.6) is 5.75 Å². The van der Waals surface area contributed by atoms with Crippen LogP contribution in [0.4, 0.5) is 0 Å². The predicted octanol–water partition coefficient (Wildman–Crippen LogP) is -0.658. The van der Waals surface area contributed by atoms with Gasteiger partial charge in [-0.3, -0.25) is 19.2 Å². The van der Waals surface area contributed by atoms with Gasteiger partial charge in [-0.15, -0.1) is 0 Å². The summed E-state index contributed by atoms with van der Waals surface area (Å²) >= 11 is 0. The zero-order valence-electron chi connectivity index (χ0n) is 19.3. The molecule has 34 heavy (non-hydrogen) atoms. The molecule has 8 N–H and O–H groups in total. The van der Waals surface area contributed by atoms with E-state index >= 15 is 0 Å². The maximum absolute atomic E-state index is 12.9. The van der Waals surface area contributed by atoms with Crippen molar-refractivity contribution in [3.8, 4) is 5.75 Å². The van der Waals surface area contributed by atoms with E-state index in [1.165, 1.54) is 31.2 Å². The Kier molecular flexibility index (Phi) is 11.0. The van der Waals surface area contributed by atoms with E-state index in [0.717, 1.165) is 0 Å². The first-order valence-corrected chi connectivity index (χ1v) is 10.7. The van der Waals surface area contributed by atoms with Gasteiger partial charge in [-0.1, -0.05) is 26.0 Å². The van der Waals surface area contributed by atoms with E-state index in [-0.39, 0.29) is 24.5 Å². The van der Waals surface area contributed by atoms with Gasteiger partial charge in [-0.25, -0.2) is 4.79 Å². The first-order chi connectivity index (χ1) is 15.8. The zero-order chi connectivity index (χ0) is 26.0. The monoisotopic (exact) mass is 480 g/mol. The summed E-state index contributed by atoms with van der Waals surface area (Å²) < 4.78 is 0. The zero-order valence-corrected chi connectivity index (χ0v) is 19.3. The average molecular weight is 481 g/mol. The van der Waals surface area contributed by atoms with Crippen molar-refractivity contribution in [1.29, 1.82) is 0 Å². The van der Waals surface area contributed by atoms with Crippen molar-refractivity contribution in [2.75, 3.05) is 0 Å². The SMILES string of the molecule is CC(NC(=O)C(N)C(C)C)C(=O)NC(Cc1ccc(O)cc1)C(=O)NC(CCC(=O)O)C(=O)O. The predicted molar refractivity (Wildman–Crippen MR) is 121 cm³/mol. The summed E-state index contributed by atoms with van der Waals surface area (Å²) in [6, 6.07) is 1.20. The Balaban J connectivity index is 3.00. The molecular weight excluding hydrogens is 448 g/mol. The van der Waals surface area contributed by atoms with Crippen LogP contribution in [0.25, 0.3) is 0 Å². The van der Waals surface area contributed by atoms with Crippen molar-refractivity contribution in [2.45, 2.75) is 64.2 Å². The lowest BCUT2D eigenvalue weighted by Gasteiger charge is -2.24. The van der Waals surface area contributed by atoms with Crippen LogP contribution in [0.15, 0.2) is 24.3 Å². The maximum atomic E-state index is 12.9. The summed E-state index contributed by atoms with van der Waals surface area (Å²) in [5.41, 5.74) is 6.33. The van der Waals surface area contributed by atoms with Crippen molar-refractivity contribution in [1.82, 2.24) is 16.0 Å². The van der Waals surface area contributed by atoms with Crippen molar-refractivity contribution < 1.29 is 39.3 Å². The minimum atomic E-state index is -1.48. The molecular formula is C22H32N4O8. The van der Waals surface area contributed by atoms with Crippen LogP contribution in [-0.4, -0.2) is 69.1 Å². The molecule has 0 spiro atoms. The van der Waals surface area contributed by atoms with Gasteiger partial charge in [0.05, 0.1) is 6.04 Å². The van der Waals surface area contributed by atoms with E-state index in [4.69, 9.17) is 10.8 Å². The molecule has 0 saturated heterocycles. The van der Waals surface area contributed by atoms with Crippen molar-refractivity contribution in [3.05, 3.63) is 29.8 Å². The molecule has 0 aromatic heterocycles. The molecule has 0 saturated carbocycles. The molecule has 1 aromatic rings. The molecule has 12 heteroatoms. The highest BCUT2D eigenvalue weighted by Crippen LogP contribution is 2.12. The molecule has 0 aliphatic carbocycles. The number of nitrogens with two attached hydrogens (primary N) is 1. The number of aromatic hydroxyl groups is 1. The molecule has 0 heterocycles. The van der Waals surface area contributed by atoms with Crippen LogP contribution in [0.1, 0.15) is 39.2 Å². The van der Waals surface area contributed by atoms with E-state index in [0.29, 0.717) is 5.56 Å². The molecule has 4 atom stereocenters. The molecule has 4 unspecified atom stereocenters. The second kappa shape index (κ2) is 13.1. The Hall–Kier alpha value is -3.67. The highest BCUT2D eigenvalue weighted by Gasteiger charge is 2.29. The Morgan fingerprint density at radius 1 is 0.853 bits per heavy atom. The van der Waals surface area contributed by atoms with Crippen LogP contribution >= 0.6 is 0 Å². The first-order valence-electron chi connectivity index (χ1n) is 10.7. The lowest BCUT2D eigenvalue weighted by molar-refractivity contribution is -0.143. The quantitative estimate of drug-likeness (QED) is 0.191. The molecule has 188 valence electrons. The van der Waals surface area contributed by atoms with Gasteiger partial charge in [0.25, 0.3) is 0 Å². The number of carboxylic acid groups (broad SMARTS) is 2. The molecule has 0 radical (unpaired) electrons. The fourth-order valence-electron chi connectivity index (χ4n) is 2.85. The van der Waals surface area contributed by atoms with Crippen molar-refractivity contribution >= 4 is 29.7 Å². The van der Waals surface area contributed by atoms with Gasteiger partial charge < -0.3 is 37.0 Å². The van der Waals surface area contributed by atoms with E-state index in [2.05, 4.69) is 16.0 Å². The smallest absolute Gasteiger partial charge is 0.326 e. The maximum Gasteiger partial charge on any atom is 0.326 e. The number of rotatable bonds is 13. The van der Waals surface area contributed by atoms with E-state index in [1.54, 1.807) is 13.8 Å². The summed E-state index contributed by atoms with van der Waals surface area (Å²) in [7, 11) is 0. The summed E-state index contributed by atoms with van der Waals surface area (Å²) in [6.45, 7) is 4.90. The lowest BCUT2D eigenvalue weighted by atomic mass is 10.0. The summed E-state index contributed by atoms with van der Waals surface area (Å²) in [5, 5.41) is 34.8. The number of phenolic OH excluding ortho intramolecular Hbond substituents is 1. The van der Waals surface area contributed by atoms with Gasteiger partial charge in [0.2, 0.25) is 17.7 Å². The number of benzene rings is 1. The number of nitrogens with one attached hydrogen (secondary N) is 3. The normalized spacial score (nSPS) is 14.4. The minimum Gasteiger partial charge on any atom is -0.508 e. The number of hydrogen-bond acceptors (Lipinski definition) is 7. The summed E-state index contributed by atoms with van der Waals surface area (Å²) in [6.07, 6.45) is -0.892. The molecule has 1 rings (SSSR count). The van der Waals surface area contributed by atoms with Crippen molar-refractivity contribution in [2.24, 2.45) is 11.7 Å². The Labute approximate surface area is 196 Å². The highest BCUT2D eigenvalue weighted by atomic mass is 16.4. The largest absolute Gasteiger partial charge is 0.508 e. The number of aliphatic carboxylic acids is 2. The van der Waals surface area contributed by atoms with Crippen LogP contribution in [-0.2, 0) is 30.4 Å². The lowest BCUT2D eigenvalue weighted by Crippen LogP contribution is -2.57. The second-order valence-electron chi connectivity index (χ2n) is 8.26. The van der Waals surface area contributed by atoms with Crippen molar-refractivity contribution in [3.63, 3.8) is 0 Å². The van der Waals surface area contributed by atoms with E-state index in [9.17, 15) is 34.2 Å². The third-order valence-electron chi connectivity index (χ3n) is 5.04. The average Bonchev–Trinajstić information content (AvgIpc) is 2.76. The standard InChI is InChI=1S/C22H32N4O8/c1-11(2)18(23)21(32)24-12(3)19(30)26-16(10-13-4-6-14(27)7-5-13)20(31)25-15(22(33)34)8-9-17(28)29/h4-7,11-12,15-16,18,27H,8-10,23H2,1-3H3,(H,24,32)(H,25,31)(H,26,30)(H,28,29)(H,33,34). The third-order valence-corrected chi connectivity index (χ3v) is 5.04. The number of amides is 3. The summed E-state index contributed by atoms with van der Waals surface area (Å²) in [5.74, 6) is -4.92. The fourth-order valence-corrected chi connectivity index (χ4v) is 2.85. The van der Waals surface area contributed by atoms with Gasteiger partial charge >= 0.3 is 11.9 Å². The van der Waals surface area contributed by atoms with Gasteiger partial charge in [0, 0.05) is 12.8 Å². The molecule has 0 aliphatic rings. The summed E-state index contributed by atoms with van der Waals surface area (Å²) in [4.78, 5) is 59.9. The van der Waals surface area contributed by atoms with Gasteiger partial charge in [0.1, 0.15) is 23.9 Å². The molecule has 0 fully saturated rings. The Morgan fingerprint density at radius 3 is 1.91 bits per heavy atom. The minimum absolute atomic E-state index is 0.00813. The second-order valence-corrected chi connectivity index (χ2v) is 8.26. The molecule has 0 aliphatic heterocycles. The number of phenols is 1. The fraction of sp³-hybridized carbons (Fsp3) is 0.500. The van der Waals surface area contributed by atoms with Gasteiger partial charge in [0.15, 0.2) is 0 Å². The van der Waals surface area contributed by atoms with E-state index in [1.807, 2.05) is 0 Å². The van der Waals surface area contributed by atoms with Crippen LogP contribution in [0.2, 0.25) is 0 Å². The van der Waals surface area contributed by atoms with Crippen LogP contribution < -0.4 is 21.7 Å². The topological polar surface area (TPSA) is 208 Å². The molecule has 3 amide bonds. The molecule has 0 bridgehead atoms.